The molecule has 0 aliphatic heterocycles. The molecule has 0 aliphatic carbocycles. The Balaban J connectivity index is 2.56. The maximum absolute atomic E-state index is 13.4. The van der Waals surface area contributed by atoms with Crippen molar-refractivity contribution in [3.8, 4) is 0 Å². The predicted octanol–water partition coefficient (Wildman–Crippen LogP) is 5.83. The number of allylic oxidation sites excluding steroid dienone is 2. The van der Waals surface area contributed by atoms with Gasteiger partial charge < -0.3 is 5.11 Å². The number of carboxylic acids is 1. The maximum Gasteiger partial charge on any atom is 0.417 e. The van der Waals surface area contributed by atoms with E-state index in [4.69, 9.17) is 28.3 Å². The van der Waals surface area contributed by atoms with Crippen LogP contribution in [0.15, 0.2) is 42.5 Å². The Morgan fingerprint density at radius 3 is 2.08 bits per heavy atom. The molecule has 2 rings (SSSR count). The number of ketones is 1. The van der Waals surface area contributed by atoms with E-state index in [0.717, 1.165) is 18.2 Å². The fourth-order valence-corrected chi connectivity index (χ4v) is 2.78. The van der Waals surface area contributed by atoms with Gasteiger partial charge in [0.05, 0.1) is 11.1 Å². The average Bonchev–Trinajstić information content (AvgIpc) is 2.50. The Bertz CT molecular complexity index is 898. The summed E-state index contributed by atoms with van der Waals surface area (Å²) in [6, 6.07) is 7.00. The van der Waals surface area contributed by atoms with E-state index in [1.54, 1.807) is 0 Å². The fourth-order valence-electron chi connectivity index (χ4n) is 2.26. The Morgan fingerprint density at radius 2 is 1.58 bits per heavy atom. The molecule has 0 fully saturated rings. The van der Waals surface area contributed by atoms with Crippen molar-refractivity contribution in [1.29, 1.82) is 0 Å². The van der Waals surface area contributed by atoms with E-state index >= 15 is 0 Å². The summed E-state index contributed by atoms with van der Waals surface area (Å²) in [5.41, 5.74) is -1.56. The Kier molecular flexibility index (Phi) is 5.78. The quantitative estimate of drug-likeness (QED) is 0.517. The first kappa shape index (κ1) is 20.0. The van der Waals surface area contributed by atoms with Gasteiger partial charge in [0.25, 0.3) is 0 Å². The van der Waals surface area contributed by atoms with Crippen LogP contribution >= 0.6 is 23.2 Å². The molecule has 136 valence electrons. The van der Waals surface area contributed by atoms with Crippen molar-refractivity contribution in [3.63, 3.8) is 0 Å². The van der Waals surface area contributed by atoms with E-state index in [9.17, 15) is 22.8 Å². The Labute approximate surface area is 156 Å². The van der Waals surface area contributed by atoms with Gasteiger partial charge in [0.2, 0.25) is 0 Å². The highest BCUT2D eigenvalue weighted by atomic mass is 35.5. The van der Waals surface area contributed by atoms with Crippen molar-refractivity contribution in [3.05, 3.63) is 74.8 Å². The lowest BCUT2D eigenvalue weighted by molar-refractivity contribution is -0.0689. The third-order valence-corrected chi connectivity index (χ3v) is 3.94. The van der Waals surface area contributed by atoms with E-state index in [1.807, 2.05) is 0 Å². The van der Waals surface area contributed by atoms with Gasteiger partial charge in [-0.1, -0.05) is 35.3 Å². The molecule has 1 N–H and O–H groups in total. The number of rotatable bonds is 4. The second-order valence-corrected chi connectivity index (χ2v) is 6.29. The molecular formula is C18H11Cl2F3O3. The van der Waals surface area contributed by atoms with Crippen LogP contribution in [0.1, 0.15) is 31.8 Å². The lowest BCUT2D eigenvalue weighted by atomic mass is 9.99. The van der Waals surface area contributed by atoms with Crippen LogP contribution in [0.4, 0.5) is 13.2 Å². The fraction of sp³-hybridized carbons (Fsp3) is 0.111. The van der Waals surface area contributed by atoms with Crippen LogP contribution in [0.2, 0.25) is 10.0 Å². The smallest absolute Gasteiger partial charge is 0.417 e. The molecule has 0 bridgehead atoms. The van der Waals surface area contributed by atoms with Gasteiger partial charge in [-0.3, -0.25) is 4.79 Å². The molecule has 0 unspecified atom stereocenters. The van der Waals surface area contributed by atoms with Crippen molar-refractivity contribution in [2.24, 2.45) is 0 Å². The Morgan fingerprint density at radius 1 is 1.00 bits per heavy atom. The van der Waals surface area contributed by atoms with Gasteiger partial charge in [0.15, 0.2) is 5.78 Å². The summed E-state index contributed by atoms with van der Waals surface area (Å²) in [5, 5.41) is 9.06. The monoisotopic (exact) mass is 402 g/mol. The van der Waals surface area contributed by atoms with Crippen LogP contribution in [0, 0.1) is 6.92 Å². The molecule has 0 aliphatic rings. The second-order valence-electron chi connectivity index (χ2n) is 5.41. The number of carboxylic acid groups (broad SMARTS) is 1. The zero-order valence-electron chi connectivity index (χ0n) is 13.2. The van der Waals surface area contributed by atoms with Crippen LogP contribution in [-0.2, 0) is 0 Å². The molecular weight excluding hydrogens is 392 g/mol. The minimum Gasteiger partial charge on any atom is -0.478 e. The van der Waals surface area contributed by atoms with Crippen LogP contribution in [0.5, 0.6) is 0 Å². The molecule has 0 saturated carbocycles. The zero-order valence-corrected chi connectivity index (χ0v) is 14.7. The van der Waals surface area contributed by atoms with Gasteiger partial charge in [-0.2, -0.15) is 13.2 Å². The molecule has 0 aromatic heterocycles. The molecule has 8 heteroatoms. The van der Waals surface area contributed by atoms with Gasteiger partial charge >= 0.3 is 12.1 Å². The molecule has 3 nitrogen and oxygen atoms in total. The van der Waals surface area contributed by atoms with Crippen molar-refractivity contribution in [2.45, 2.75) is 13.1 Å². The van der Waals surface area contributed by atoms with Gasteiger partial charge in [-0.25, -0.2) is 4.79 Å². The van der Waals surface area contributed by atoms with Crippen LogP contribution in [-0.4, -0.2) is 23.0 Å². The first-order valence-electron chi connectivity index (χ1n) is 7.12. The summed E-state index contributed by atoms with van der Waals surface area (Å²) < 4.78 is 40.2. The molecule has 0 saturated heterocycles. The Hall–Kier alpha value is -2.31. The first-order chi connectivity index (χ1) is 12.0. The van der Waals surface area contributed by atoms with Crippen LogP contribution in [0.25, 0.3) is 5.57 Å². The summed E-state index contributed by atoms with van der Waals surface area (Å²) in [4.78, 5) is 23.4. The standard InChI is InChI=1S/C18H11Cl2F3O3/c1-9-2-3-10(6-14(9)17(25)26)16(24)8-15(18(21,22)23)11-4-12(19)7-13(20)5-11/h2-8H,1H3,(H,25,26). The van der Waals surface area contributed by atoms with Crippen LogP contribution < -0.4 is 0 Å². The number of aromatic carboxylic acids is 1. The van der Waals surface area contributed by atoms with Crippen molar-refractivity contribution in [1.82, 2.24) is 0 Å². The van der Waals surface area contributed by atoms with Gasteiger partial charge in [-0.05, 0) is 48.4 Å². The number of hydrogen-bond acceptors (Lipinski definition) is 2. The topological polar surface area (TPSA) is 54.4 Å². The number of aryl methyl sites for hydroxylation is 1. The van der Waals surface area contributed by atoms with Gasteiger partial charge in [0.1, 0.15) is 0 Å². The van der Waals surface area contributed by atoms with E-state index in [1.165, 1.54) is 25.1 Å². The lowest BCUT2D eigenvalue weighted by Crippen LogP contribution is -2.13. The van der Waals surface area contributed by atoms with E-state index in [2.05, 4.69) is 0 Å². The van der Waals surface area contributed by atoms with Gasteiger partial charge in [-0.15, -0.1) is 0 Å². The SMILES string of the molecule is Cc1ccc(C(=O)C=C(c2cc(Cl)cc(Cl)c2)C(F)(F)F)cc1C(=O)O. The molecule has 0 heterocycles. The molecule has 2 aromatic rings. The molecule has 0 atom stereocenters. The van der Waals surface area contributed by atoms with Crippen LogP contribution in [0.3, 0.4) is 0 Å². The highest BCUT2D eigenvalue weighted by Crippen LogP contribution is 2.36. The average molecular weight is 403 g/mol. The van der Waals surface area contributed by atoms with E-state index in [-0.39, 0.29) is 26.7 Å². The number of carbonyl (C=O) groups excluding carboxylic acids is 1. The highest BCUT2D eigenvalue weighted by molar-refractivity contribution is 6.35. The van der Waals surface area contributed by atoms with E-state index in [0.29, 0.717) is 11.6 Å². The third kappa shape index (κ3) is 4.65. The molecule has 0 amide bonds. The van der Waals surface area contributed by atoms with Crippen molar-refractivity contribution < 1.29 is 27.9 Å². The molecule has 0 spiro atoms. The highest BCUT2D eigenvalue weighted by Gasteiger charge is 2.35. The summed E-state index contributed by atoms with van der Waals surface area (Å²) in [7, 11) is 0. The summed E-state index contributed by atoms with van der Waals surface area (Å²) in [5.74, 6) is -2.27. The molecule has 26 heavy (non-hydrogen) atoms. The number of alkyl halides is 3. The summed E-state index contributed by atoms with van der Waals surface area (Å²) in [6.07, 6.45) is -4.44. The minimum absolute atomic E-state index is 0.0152. The number of halogens is 5. The number of hydrogen-bond donors (Lipinski definition) is 1. The largest absolute Gasteiger partial charge is 0.478 e. The van der Waals surface area contributed by atoms with Crippen molar-refractivity contribution >= 4 is 40.5 Å². The predicted molar refractivity (Wildman–Crippen MR) is 93.0 cm³/mol. The summed E-state index contributed by atoms with van der Waals surface area (Å²) >= 11 is 11.5. The van der Waals surface area contributed by atoms with Crippen molar-refractivity contribution in [2.75, 3.05) is 0 Å². The maximum atomic E-state index is 13.4. The number of carbonyl (C=O) groups is 2. The minimum atomic E-state index is -4.84. The third-order valence-electron chi connectivity index (χ3n) is 3.51. The van der Waals surface area contributed by atoms with Gasteiger partial charge in [0, 0.05) is 15.6 Å². The summed E-state index contributed by atoms with van der Waals surface area (Å²) in [6.45, 7) is 1.52. The van der Waals surface area contributed by atoms with E-state index < -0.39 is 23.5 Å². The number of benzene rings is 2. The molecule has 0 radical (unpaired) electrons. The normalized spacial score (nSPS) is 12.2. The zero-order chi connectivity index (χ0) is 19.6. The lowest BCUT2D eigenvalue weighted by Gasteiger charge is -2.13. The second kappa shape index (κ2) is 7.51. The molecule has 2 aromatic carbocycles. The first-order valence-corrected chi connectivity index (χ1v) is 7.88.